The van der Waals surface area contributed by atoms with Crippen LogP contribution in [-0.4, -0.2) is 5.78 Å². The van der Waals surface area contributed by atoms with E-state index in [1.807, 2.05) is 55.5 Å². The summed E-state index contributed by atoms with van der Waals surface area (Å²) in [5.41, 5.74) is 12.0. The average Bonchev–Trinajstić information content (AvgIpc) is 3.04. The predicted molar refractivity (Wildman–Crippen MR) is 178 cm³/mol. The molecule has 3 heteroatoms. The van der Waals surface area contributed by atoms with E-state index >= 15 is 0 Å². The fraction of sp³-hybridized carbons (Fsp3) is 0.225. The predicted octanol–water partition coefficient (Wildman–Crippen LogP) is 9.43. The minimum atomic E-state index is -0.0999. The number of aryl methyl sites for hydroxylation is 1. The molecule has 0 amide bonds. The van der Waals surface area contributed by atoms with Crippen LogP contribution in [0, 0.1) is 18.8 Å². The largest absolute Gasteiger partial charge is 0.463 e. The van der Waals surface area contributed by atoms with E-state index in [4.69, 9.17) is 4.42 Å². The van der Waals surface area contributed by atoms with Crippen molar-refractivity contribution in [1.82, 2.24) is 0 Å². The Morgan fingerprint density at radius 1 is 1.00 bits per heavy atom. The topological polar surface area (TPSA) is 47.3 Å². The minimum Gasteiger partial charge on any atom is -0.463 e. The van der Waals surface area contributed by atoms with Crippen molar-refractivity contribution < 1.29 is 9.21 Å². The Bertz CT molecular complexity index is 1900. The first-order chi connectivity index (χ1) is 20.8. The van der Waals surface area contributed by atoms with Crippen LogP contribution in [0.5, 0.6) is 0 Å². The van der Waals surface area contributed by atoms with Crippen LogP contribution in [0.1, 0.15) is 75.0 Å². The summed E-state index contributed by atoms with van der Waals surface area (Å²) in [5, 5.41) is 0.534. The van der Waals surface area contributed by atoms with E-state index in [0.717, 1.165) is 39.8 Å². The van der Waals surface area contributed by atoms with Crippen molar-refractivity contribution in [2.24, 2.45) is 11.8 Å². The summed E-state index contributed by atoms with van der Waals surface area (Å²) in [6.45, 7) is 13.9. The number of fused-ring (bicyclic) bond motifs is 2. The molecule has 3 nitrogen and oxygen atoms in total. The van der Waals surface area contributed by atoms with Gasteiger partial charge in [-0.15, -0.1) is 12.3 Å². The molecule has 1 heterocycles. The van der Waals surface area contributed by atoms with Crippen LogP contribution in [0.4, 0.5) is 0 Å². The summed E-state index contributed by atoms with van der Waals surface area (Å²) in [7, 11) is 0. The second kappa shape index (κ2) is 11.9. The van der Waals surface area contributed by atoms with Crippen LogP contribution in [0.3, 0.4) is 0 Å². The fourth-order valence-electron chi connectivity index (χ4n) is 6.46. The molecule has 0 unspecified atom stereocenters. The van der Waals surface area contributed by atoms with E-state index in [1.54, 1.807) is 6.08 Å². The Labute approximate surface area is 253 Å². The van der Waals surface area contributed by atoms with Gasteiger partial charge in [0.2, 0.25) is 5.43 Å². The van der Waals surface area contributed by atoms with Crippen molar-refractivity contribution in [1.29, 1.82) is 0 Å². The van der Waals surface area contributed by atoms with Crippen LogP contribution in [0.25, 0.3) is 34.3 Å². The fourth-order valence-corrected chi connectivity index (χ4v) is 6.46. The third-order valence-corrected chi connectivity index (χ3v) is 9.21. The zero-order chi connectivity index (χ0) is 30.1. The van der Waals surface area contributed by atoms with Crippen LogP contribution in [0.2, 0.25) is 0 Å². The molecule has 0 N–H and O–H groups in total. The smallest absolute Gasteiger partial charge is 0.200 e. The summed E-state index contributed by atoms with van der Waals surface area (Å²) < 4.78 is 5.87. The average molecular weight is 565 g/mol. The molecular weight excluding hydrogens is 528 g/mol. The molecule has 6 rings (SSSR count). The van der Waals surface area contributed by atoms with Gasteiger partial charge in [-0.25, -0.2) is 0 Å². The lowest BCUT2D eigenvalue weighted by atomic mass is 9.79. The number of carbonyl (C=O) groups is 1. The van der Waals surface area contributed by atoms with Gasteiger partial charge in [0.1, 0.15) is 11.8 Å². The lowest BCUT2D eigenvalue weighted by Gasteiger charge is -2.26. The van der Waals surface area contributed by atoms with Gasteiger partial charge in [0, 0.05) is 23.1 Å². The molecule has 3 aromatic carbocycles. The maximum Gasteiger partial charge on any atom is 0.200 e. The normalized spacial score (nSPS) is 17.7. The molecule has 0 bridgehead atoms. The molecule has 4 aromatic rings. The van der Waals surface area contributed by atoms with Crippen molar-refractivity contribution in [3.63, 3.8) is 0 Å². The lowest BCUT2D eigenvalue weighted by Crippen LogP contribution is -2.15. The summed E-state index contributed by atoms with van der Waals surface area (Å²) >= 11 is 0. The first-order valence-electron chi connectivity index (χ1n) is 15.1. The Balaban J connectivity index is 1.18. The van der Waals surface area contributed by atoms with Gasteiger partial charge in [-0.05, 0) is 109 Å². The first-order valence-corrected chi connectivity index (χ1v) is 15.1. The van der Waals surface area contributed by atoms with Crippen LogP contribution < -0.4 is 5.43 Å². The first kappa shape index (κ1) is 28.4. The molecule has 43 heavy (non-hydrogen) atoms. The number of allylic oxidation sites excluding steroid dienone is 3. The Morgan fingerprint density at radius 3 is 2.47 bits per heavy atom. The van der Waals surface area contributed by atoms with Crippen molar-refractivity contribution in [3.8, 4) is 0 Å². The molecule has 214 valence electrons. The molecule has 1 saturated carbocycles. The zero-order valence-electron chi connectivity index (χ0n) is 24.7. The van der Waals surface area contributed by atoms with E-state index in [-0.39, 0.29) is 11.2 Å². The third kappa shape index (κ3) is 5.69. The van der Waals surface area contributed by atoms with Gasteiger partial charge in [0.15, 0.2) is 5.78 Å². The number of hydrogen-bond acceptors (Lipinski definition) is 3. The molecule has 1 fully saturated rings. The van der Waals surface area contributed by atoms with Gasteiger partial charge in [-0.3, -0.25) is 9.59 Å². The van der Waals surface area contributed by atoms with Gasteiger partial charge in [0.25, 0.3) is 0 Å². The molecule has 0 radical (unpaired) electrons. The van der Waals surface area contributed by atoms with E-state index in [2.05, 4.69) is 43.7 Å². The second-order valence-corrected chi connectivity index (χ2v) is 12.0. The number of Topliss-reactive ketones (excluding diaryl/α,β-unsaturated/α-hetero) is 1. The van der Waals surface area contributed by atoms with Crippen molar-refractivity contribution >= 4 is 40.1 Å². The molecule has 2 aliphatic rings. The van der Waals surface area contributed by atoms with E-state index in [9.17, 15) is 9.59 Å². The van der Waals surface area contributed by atoms with Gasteiger partial charge < -0.3 is 4.42 Å². The van der Waals surface area contributed by atoms with E-state index < -0.39 is 0 Å². The van der Waals surface area contributed by atoms with Crippen molar-refractivity contribution in [3.05, 3.63) is 147 Å². The molecule has 0 aliphatic heterocycles. The summed E-state index contributed by atoms with van der Waals surface area (Å²) in [4.78, 5) is 27.0. The lowest BCUT2D eigenvalue weighted by molar-refractivity contribution is 0.105. The Morgan fingerprint density at radius 2 is 1.74 bits per heavy atom. The molecule has 0 saturated heterocycles. The van der Waals surface area contributed by atoms with Crippen LogP contribution in [0.15, 0.2) is 102 Å². The molecule has 0 atom stereocenters. The summed E-state index contributed by atoms with van der Waals surface area (Å²) in [6, 6.07) is 17.7. The van der Waals surface area contributed by atoms with Crippen LogP contribution >= 0.6 is 0 Å². The number of carbonyl (C=O) groups excluding carboxylic acids is 1. The highest BCUT2D eigenvalue weighted by atomic mass is 16.3. The zero-order valence-corrected chi connectivity index (χ0v) is 24.7. The standard InChI is InChI=1S/C40H36O3/c1-5-27-7-9-28(10-8-27)20-29-11-13-31(14-12-29)26(4)39(41)34-18-16-32-15-17-33(21-35(32)22-34)37-24-43-38-23-30(6-2)25(3)19-36(38)40(37)42/h5-6,11-16,18-19,22-24,27-28H,1-2,4,7-10,20-21H2,3H3. The SMILES string of the molecule is C=Cc1cc2occ(C3=C=Cc4ccc(C(=O)C(=C)c5ccc(CC6CCC(C=C)CC6)cc5)cc4C3)c(=O)c2cc1C. The number of benzene rings is 3. The molecular formula is C40H36O3. The third-order valence-electron chi connectivity index (χ3n) is 9.21. The summed E-state index contributed by atoms with van der Waals surface area (Å²) in [6.07, 6.45) is 13.8. The van der Waals surface area contributed by atoms with Gasteiger partial charge in [-0.2, -0.15) is 0 Å². The quantitative estimate of drug-likeness (QED) is 0.0927. The number of ketones is 1. The summed E-state index contributed by atoms with van der Waals surface area (Å²) in [5.74, 6) is 1.28. The van der Waals surface area contributed by atoms with Gasteiger partial charge in [0.05, 0.1) is 10.9 Å². The van der Waals surface area contributed by atoms with E-state index in [0.29, 0.717) is 45.9 Å². The Kier molecular flexibility index (Phi) is 7.84. The highest BCUT2D eigenvalue weighted by molar-refractivity contribution is 6.28. The molecule has 1 aromatic heterocycles. The van der Waals surface area contributed by atoms with Crippen molar-refractivity contribution in [2.75, 3.05) is 0 Å². The van der Waals surface area contributed by atoms with E-state index in [1.165, 1.54) is 37.5 Å². The van der Waals surface area contributed by atoms with Crippen LogP contribution in [-0.2, 0) is 12.8 Å². The highest BCUT2D eigenvalue weighted by Gasteiger charge is 2.21. The van der Waals surface area contributed by atoms with Crippen molar-refractivity contribution in [2.45, 2.75) is 45.4 Å². The molecule has 2 aliphatic carbocycles. The number of rotatable bonds is 8. The van der Waals surface area contributed by atoms with Gasteiger partial charge in [-0.1, -0.05) is 61.7 Å². The maximum absolute atomic E-state index is 13.5. The Hall–Kier alpha value is -4.72. The van der Waals surface area contributed by atoms with Gasteiger partial charge >= 0.3 is 0 Å². The number of hydrogen-bond donors (Lipinski definition) is 0. The maximum atomic E-state index is 13.5. The molecule has 0 spiro atoms. The highest BCUT2D eigenvalue weighted by Crippen LogP contribution is 2.32. The second-order valence-electron chi connectivity index (χ2n) is 12.0. The monoisotopic (exact) mass is 564 g/mol. The minimum absolute atomic E-state index is 0.0900.